The molecule has 1 amide bonds. The summed E-state index contributed by atoms with van der Waals surface area (Å²) in [6, 6.07) is 9.40. The van der Waals surface area contributed by atoms with Crippen molar-refractivity contribution in [1.29, 1.82) is 0 Å². The Morgan fingerprint density at radius 1 is 1.40 bits per heavy atom. The zero-order valence-corrected chi connectivity index (χ0v) is 12.0. The van der Waals surface area contributed by atoms with Gasteiger partial charge in [-0.3, -0.25) is 4.90 Å². The first kappa shape index (κ1) is 14.9. The highest BCUT2D eigenvalue weighted by Crippen LogP contribution is 2.31. The van der Waals surface area contributed by atoms with Gasteiger partial charge in [-0.05, 0) is 24.8 Å². The molecular formula is C16H23NO3. The average molecular weight is 277 g/mol. The molecule has 1 aromatic carbocycles. The van der Waals surface area contributed by atoms with E-state index in [2.05, 4.69) is 6.92 Å². The van der Waals surface area contributed by atoms with Crippen molar-refractivity contribution in [2.24, 2.45) is 0 Å². The van der Waals surface area contributed by atoms with Gasteiger partial charge < -0.3 is 9.84 Å². The summed E-state index contributed by atoms with van der Waals surface area (Å²) in [5, 5.41) is 10.3. The first-order valence-electron chi connectivity index (χ1n) is 7.40. The molecule has 1 aromatic rings. The fraction of sp³-hybridized carbons (Fsp3) is 0.562. The molecule has 1 aliphatic heterocycles. The Hall–Kier alpha value is -1.55. The second-order valence-electron chi connectivity index (χ2n) is 5.23. The second-order valence-corrected chi connectivity index (χ2v) is 5.23. The third-order valence-corrected chi connectivity index (χ3v) is 3.70. The molecule has 0 unspecified atom stereocenters. The summed E-state index contributed by atoms with van der Waals surface area (Å²) in [5.41, 5.74) is 0.965. The molecule has 0 spiro atoms. The lowest BCUT2D eigenvalue weighted by molar-refractivity contribution is 0.00412. The fourth-order valence-electron chi connectivity index (χ4n) is 2.62. The van der Waals surface area contributed by atoms with Crippen LogP contribution in [-0.2, 0) is 4.74 Å². The van der Waals surface area contributed by atoms with Gasteiger partial charge in [-0.15, -0.1) is 0 Å². The van der Waals surface area contributed by atoms with E-state index in [1.54, 1.807) is 4.90 Å². The van der Waals surface area contributed by atoms with Crippen LogP contribution < -0.4 is 0 Å². The number of carbonyl (C=O) groups excluding carboxylic acids is 1. The van der Waals surface area contributed by atoms with Crippen molar-refractivity contribution < 1.29 is 14.6 Å². The average Bonchev–Trinajstić information content (AvgIpc) is 2.48. The third-order valence-electron chi connectivity index (χ3n) is 3.70. The van der Waals surface area contributed by atoms with Crippen molar-refractivity contribution >= 4 is 6.09 Å². The number of hydrogen-bond acceptors (Lipinski definition) is 3. The normalized spacial score (nSPS) is 22.6. The van der Waals surface area contributed by atoms with Gasteiger partial charge in [0, 0.05) is 6.54 Å². The van der Waals surface area contributed by atoms with E-state index in [4.69, 9.17) is 4.74 Å². The molecule has 4 heteroatoms. The van der Waals surface area contributed by atoms with E-state index in [0.29, 0.717) is 13.2 Å². The van der Waals surface area contributed by atoms with E-state index < -0.39 is 6.10 Å². The van der Waals surface area contributed by atoms with Crippen LogP contribution in [0.4, 0.5) is 4.79 Å². The number of aliphatic hydroxyl groups is 1. The van der Waals surface area contributed by atoms with Crippen LogP contribution in [-0.4, -0.2) is 35.4 Å². The van der Waals surface area contributed by atoms with Gasteiger partial charge in [0.15, 0.2) is 0 Å². The minimum atomic E-state index is -0.523. The molecule has 2 atom stereocenters. The predicted octanol–water partition coefficient (Wildman–Crippen LogP) is 3.12. The molecule has 1 aliphatic rings. The highest BCUT2D eigenvalue weighted by Gasteiger charge is 2.35. The number of likely N-dealkylation sites (tertiary alicyclic amines) is 1. The van der Waals surface area contributed by atoms with Crippen LogP contribution >= 0.6 is 0 Å². The van der Waals surface area contributed by atoms with Gasteiger partial charge in [-0.1, -0.05) is 43.7 Å². The van der Waals surface area contributed by atoms with E-state index in [-0.39, 0.29) is 12.1 Å². The van der Waals surface area contributed by atoms with Crippen molar-refractivity contribution in [1.82, 2.24) is 4.90 Å². The first-order valence-corrected chi connectivity index (χ1v) is 7.40. The number of rotatable bonds is 4. The number of amides is 1. The topological polar surface area (TPSA) is 49.8 Å². The summed E-state index contributed by atoms with van der Waals surface area (Å²) >= 11 is 0. The second kappa shape index (κ2) is 7.29. The Kier molecular flexibility index (Phi) is 5.41. The Morgan fingerprint density at radius 3 is 2.85 bits per heavy atom. The maximum atomic E-state index is 12.2. The molecule has 4 nitrogen and oxygen atoms in total. The molecule has 1 heterocycles. The number of carbonyl (C=O) groups is 1. The van der Waals surface area contributed by atoms with Crippen molar-refractivity contribution in [3.05, 3.63) is 35.9 Å². The molecule has 1 saturated heterocycles. The highest BCUT2D eigenvalue weighted by atomic mass is 16.6. The van der Waals surface area contributed by atoms with Crippen molar-refractivity contribution in [2.45, 2.75) is 44.8 Å². The van der Waals surface area contributed by atoms with Crippen LogP contribution in [0.25, 0.3) is 0 Å². The molecule has 2 rings (SSSR count). The molecular weight excluding hydrogens is 254 g/mol. The van der Waals surface area contributed by atoms with Crippen LogP contribution in [0.1, 0.15) is 44.2 Å². The number of nitrogens with zero attached hydrogens (tertiary/aromatic N) is 1. The molecule has 1 fully saturated rings. The van der Waals surface area contributed by atoms with E-state index in [1.165, 1.54) is 0 Å². The maximum absolute atomic E-state index is 12.2. The third kappa shape index (κ3) is 3.51. The zero-order chi connectivity index (χ0) is 14.4. The number of benzene rings is 1. The van der Waals surface area contributed by atoms with Gasteiger partial charge in [0.25, 0.3) is 0 Å². The Labute approximate surface area is 120 Å². The Balaban J connectivity index is 2.10. The van der Waals surface area contributed by atoms with E-state index in [0.717, 1.165) is 31.2 Å². The molecule has 0 aliphatic carbocycles. The molecule has 110 valence electrons. The maximum Gasteiger partial charge on any atom is 0.410 e. The summed E-state index contributed by atoms with van der Waals surface area (Å²) in [6.07, 6.45) is 2.57. The van der Waals surface area contributed by atoms with Gasteiger partial charge in [-0.2, -0.15) is 0 Å². The summed E-state index contributed by atoms with van der Waals surface area (Å²) < 4.78 is 5.30. The van der Waals surface area contributed by atoms with Gasteiger partial charge in [0.05, 0.1) is 18.8 Å². The van der Waals surface area contributed by atoms with Crippen LogP contribution in [0.15, 0.2) is 30.3 Å². The van der Waals surface area contributed by atoms with Crippen molar-refractivity contribution in [3.63, 3.8) is 0 Å². The first-order chi connectivity index (χ1) is 9.74. The quantitative estimate of drug-likeness (QED) is 0.860. The molecule has 1 N–H and O–H groups in total. The highest BCUT2D eigenvalue weighted by molar-refractivity contribution is 5.68. The van der Waals surface area contributed by atoms with Crippen LogP contribution in [0.2, 0.25) is 0 Å². The summed E-state index contributed by atoms with van der Waals surface area (Å²) in [6.45, 7) is 3.15. The van der Waals surface area contributed by atoms with Gasteiger partial charge in [0.2, 0.25) is 0 Å². The Bertz CT molecular complexity index is 421. The zero-order valence-electron chi connectivity index (χ0n) is 12.0. The molecule has 0 aromatic heterocycles. The minimum Gasteiger partial charge on any atom is -0.449 e. The number of piperidine rings is 1. The fourth-order valence-corrected chi connectivity index (χ4v) is 2.62. The van der Waals surface area contributed by atoms with E-state index in [1.807, 2.05) is 30.3 Å². The summed E-state index contributed by atoms with van der Waals surface area (Å²) in [4.78, 5) is 13.9. The van der Waals surface area contributed by atoms with E-state index >= 15 is 0 Å². The van der Waals surface area contributed by atoms with Crippen LogP contribution in [0.5, 0.6) is 0 Å². The van der Waals surface area contributed by atoms with E-state index in [9.17, 15) is 9.90 Å². The monoisotopic (exact) mass is 277 g/mol. The lowest BCUT2D eigenvalue weighted by Gasteiger charge is -2.38. The molecule has 0 bridgehead atoms. The van der Waals surface area contributed by atoms with Crippen LogP contribution in [0, 0.1) is 0 Å². The minimum absolute atomic E-state index is 0.293. The lowest BCUT2D eigenvalue weighted by Crippen LogP contribution is -2.45. The molecule has 0 saturated carbocycles. The lowest BCUT2D eigenvalue weighted by atomic mass is 9.93. The van der Waals surface area contributed by atoms with Crippen molar-refractivity contribution in [3.8, 4) is 0 Å². The number of unbranched alkanes of at least 4 members (excludes halogenated alkanes) is 1. The number of ether oxygens (including phenoxy) is 1. The van der Waals surface area contributed by atoms with Gasteiger partial charge in [0.1, 0.15) is 0 Å². The molecule has 0 radical (unpaired) electrons. The van der Waals surface area contributed by atoms with Crippen molar-refractivity contribution in [2.75, 3.05) is 13.2 Å². The summed E-state index contributed by atoms with van der Waals surface area (Å²) in [7, 11) is 0. The number of hydrogen-bond donors (Lipinski definition) is 1. The standard InChI is InChI=1S/C16H23NO3/c1-2-3-12-20-16(19)17-11-7-10-14(18)15(17)13-8-5-4-6-9-13/h4-6,8-9,14-15,18H,2-3,7,10-12H2,1H3/t14-,15+/m0/s1. The largest absolute Gasteiger partial charge is 0.449 e. The van der Waals surface area contributed by atoms with Gasteiger partial charge in [-0.25, -0.2) is 4.79 Å². The predicted molar refractivity (Wildman–Crippen MR) is 77.4 cm³/mol. The number of aliphatic hydroxyl groups excluding tert-OH is 1. The summed E-state index contributed by atoms with van der Waals surface area (Å²) in [5.74, 6) is 0. The van der Waals surface area contributed by atoms with Gasteiger partial charge >= 0.3 is 6.09 Å². The van der Waals surface area contributed by atoms with Crippen LogP contribution in [0.3, 0.4) is 0 Å². The SMILES string of the molecule is CCCCOC(=O)N1CCC[C@H](O)[C@H]1c1ccccc1. The molecule has 20 heavy (non-hydrogen) atoms. The Morgan fingerprint density at radius 2 is 2.15 bits per heavy atom. The smallest absolute Gasteiger partial charge is 0.410 e.